The summed E-state index contributed by atoms with van der Waals surface area (Å²) in [7, 11) is 1.67. The lowest BCUT2D eigenvalue weighted by atomic mass is 9.87. The minimum Gasteiger partial charge on any atom is -0.383 e. The first-order chi connectivity index (χ1) is 7.57. The van der Waals surface area contributed by atoms with Crippen LogP contribution in [0.15, 0.2) is 0 Å². The fourth-order valence-electron chi connectivity index (χ4n) is 1.94. The van der Waals surface area contributed by atoms with E-state index >= 15 is 0 Å². The van der Waals surface area contributed by atoms with E-state index in [0.29, 0.717) is 19.1 Å². The van der Waals surface area contributed by atoms with Crippen molar-refractivity contribution in [2.45, 2.75) is 26.8 Å². The van der Waals surface area contributed by atoms with E-state index in [1.807, 2.05) is 11.8 Å². The van der Waals surface area contributed by atoms with Gasteiger partial charge >= 0.3 is 0 Å². The first kappa shape index (κ1) is 13.5. The van der Waals surface area contributed by atoms with Gasteiger partial charge in [0.1, 0.15) is 0 Å². The number of hydrogen-bond acceptors (Lipinski definition) is 3. The number of nitrogens with one attached hydrogen (secondary N) is 1. The molecule has 1 aliphatic rings. The van der Waals surface area contributed by atoms with Gasteiger partial charge in [0, 0.05) is 25.6 Å². The van der Waals surface area contributed by atoms with E-state index in [4.69, 9.17) is 4.74 Å². The summed E-state index contributed by atoms with van der Waals surface area (Å²) in [5, 5.41) is 3.21. The van der Waals surface area contributed by atoms with Crippen molar-refractivity contribution in [3.8, 4) is 0 Å². The molecular weight excluding hydrogens is 204 g/mol. The number of ether oxygens (including phenoxy) is 1. The number of methoxy groups -OCH3 is 1. The van der Waals surface area contributed by atoms with Crippen LogP contribution in [0.1, 0.15) is 20.8 Å². The molecule has 94 valence electrons. The predicted molar refractivity (Wildman–Crippen MR) is 64.2 cm³/mol. The van der Waals surface area contributed by atoms with Gasteiger partial charge in [-0.1, -0.05) is 6.92 Å². The maximum Gasteiger partial charge on any atom is 0.226 e. The third-order valence-corrected chi connectivity index (χ3v) is 3.35. The molecule has 1 atom stereocenters. The van der Waals surface area contributed by atoms with Crippen molar-refractivity contribution in [2.24, 2.45) is 11.8 Å². The zero-order valence-corrected chi connectivity index (χ0v) is 10.8. The number of carbonyl (C=O) groups is 1. The van der Waals surface area contributed by atoms with Crippen LogP contribution in [0.2, 0.25) is 0 Å². The highest BCUT2D eigenvalue weighted by atomic mass is 16.5. The smallest absolute Gasteiger partial charge is 0.226 e. The second kappa shape index (κ2) is 6.21. The summed E-state index contributed by atoms with van der Waals surface area (Å²) in [6.45, 7) is 9.40. The fraction of sp³-hybridized carbons (Fsp3) is 0.917. The lowest BCUT2D eigenvalue weighted by Gasteiger charge is -2.36. The minimum absolute atomic E-state index is 0.125. The average Bonchev–Trinajstić information content (AvgIpc) is 2.14. The molecule has 1 heterocycles. The summed E-state index contributed by atoms with van der Waals surface area (Å²) in [5.74, 6) is 0.898. The van der Waals surface area contributed by atoms with Crippen LogP contribution in [-0.2, 0) is 9.53 Å². The molecular formula is C12H24N2O2. The molecule has 0 aromatic carbocycles. The third kappa shape index (κ3) is 3.19. The Labute approximate surface area is 98.3 Å². The third-order valence-electron chi connectivity index (χ3n) is 3.35. The van der Waals surface area contributed by atoms with Crippen LogP contribution in [0.25, 0.3) is 0 Å². The van der Waals surface area contributed by atoms with Gasteiger partial charge in [0.05, 0.1) is 6.61 Å². The summed E-state index contributed by atoms with van der Waals surface area (Å²) in [4.78, 5) is 14.2. The quantitative estimate of drug-likeness (QED) is 0.728. The van der Waals surface area contributed by atoms with Crippen LogP contribution >= 0.6 is 0 Å². The van der Waals surface area contributed by atoms with Gasteiger partial charge in [-0.05, 0) is 32.9 Å². The van der Waals surface area contributed by atoms with Crippen LogP contribution in [0.3, 0.4) is 0 Å². The van der Waals surface area contributed by atoms with Crippen molar-refractivity contribution in [2.75, 3.05) is 33.4 Å². The van der Waals surface area contributed by atoms with E-state index in [1.54, 1.807) is 7.11 Å². The van der Waals surface area contributed by atoms with E-state index < -0.39 is 0 Å². The number of rotatable bonds is 6. The number of amides is 1. The van der Waals surface area contributed by atoms with Crippen LogP contribution in [0.5, 0.6) is 0 Å². The Hall–Kier alpha value is -0.610. The van der Waals surface area contributed by atoms with Gasteiger partial charge in [0.25, 0.3) is 0 Å². The molecule has 0 aromatic rings. The summed E-state index contributed by atoms with van der Waals surface area (Å²) in [6.07, 6.45) is 0. The minimum atomic E-state index is 0.125. The zero-order valence-electron chi connectivity index (χ0n) is 10.8. The van der Waals surface area contributed by atoms with E-state index in [-0.39, 0.29) is 17.9 Å². The van der Waals surface area contributed by atoms with Gasteiger partial charge in [-0.3, -0.25) is 4.79 Å². The zero-order chi connectivity index (χ0) is 12.1. The number of carbonyl (C=O) groups excluding carboxylic acids is 1. The van der Waals surface area contributed by atoms with Gasteiger partial charge in [0.15, 0.2) is 0 Å². The van der Waals surface area contributed by atoms with Crippen molar-refractivity contribution in [1.82, 2.24) is 10.2 Å². The fourth-order valence-corrected chi connectivity index (χ4v) is 1.94. The highest BCUT2D eigenvalue weighted by Gasteiger charge is 2.32. The molecule has 0 aromatic heterocycles. The van der Waals surface area contributed by atoms with Crippen molar-refractivity contribution >= 4 is 5.91 Å². The molecule has 4 nitrogen and oxygen atoms in total. The Morgan fingerprint density at radius 3 is 2.44 bits per heavy atom. The van der Waals surface area contributed by atoms with Crippen molar-refractivity contribution in [3.63, 3.8) is 0 Å². The highest BCUT2D eigenvalue weighted by molar-refractivity contribution is 5.79. The molecule has 1 aliphatic heterocycles. The molecule has 4 heteroatoms. The standard InChI is InChI=1S/C12H24N2O2/c1-9(2)14(5-6-16-4)12(15)10(3)11-7-13-8-11/h9-11,13H,5-8H2,1-4H3. The first-order valence-electron chi connectivity index (χ1n) is 6.08. The van der Waals surface area contributed by atoms with Crippen molar-refractivity contribution < 1.29 is 9.53 Å². The molecule has 1 amide bonds. The molecule has 0 spiro atoms. The molecule has 1 fully saturated rings. The second-order valence-electron chi connectivity index (χ2n) is 4.83. The molecule has 1 rings (SSSR count). The molecule has 1 saturated heterocycles. The Balaban J connectivity index is 2.51. The van der Waals surface area contributed by atoms with Gasteiger partial charge in [-0.25, -0.2) is 0 Å². The second-order valence-corrected chi connectivity index (χ2v) is 4.83. The Bertz CT molecular complexity index is 227. The van der Waals surface area contributed by atoms with Crippen LogP contribution in [-0.4, -0.2) is 50.2 Å². The van der Waals surface area contributed by atoms with Crippen LogP contribution in [0, 0.1) is 11.8 Å². The summed E-state index contributed by atoms with van der Waals surface area (Å²) >= 11 is 0. The average molecular weight is 228 g/mol. The summed E-state index contributed by atoms with van der Waals surface area (Å²) in [5.41, 5.74) is 0. The topological polar surface area (TPSA) is 41.6 Å². The Kier molecular flexibility index (Phi) is 5.22. The largest absolute Gasteiger partial charge is 0.383 e. The lowest BCUT2D eigenvalue weighted by Crippen LogP contribution is -2.52. The van der Waals surface area contributed by atoms with Crippen molar-refractivity contribution in [3.05, 3.63) is 0 Å². The molecule has 1 N–H and O–H groups in total. The maximum absolute atomic E-state index is 12.3. The van der Waals surface area contributed by atoms with E-state index in [0.717, 1.165) is 13.1 Å². The SMILES string of the molecule is COCCN(C(=O)C(C)C1CNC1)C(C)C. The van der Waals surface area contributed by atoms with Gasteiger partial charge in [-0.2, -0.15) is 0 Å². The van der Waals surface area contributed by atoms with Gasteiger partial charge in [-0.15, -0.1) is 0 Å². The van der Waals surface area contributed by atoms with E-state index in [1.165, 1.54) is 0 Å². The lowest BCUT2D eigenvalue weighted by molar-refractivity contribution is -0.139. The van der Waals surface area contributed by atoms with Crippen LogP contribution < -0.4 is 5.32 Å². The Morgan fingerprint density at radius 1 is 1.44 bits per heavy atom. The van der Waals surface area contributed by atoms with E-state index in [9.17, 15) is 4.79 Å². The predicted octanol–water partition coefficient (Wildman–Crippen LogP) is 0.725. The van der Waals surface area contributed by atoms with Gasteiger partial charge in [0.2, 0.25) is 5.91 Å². The molecule has 0 radical (unpaired) electrons. The molecule has 16 heavy (non-hydrogen) atoms. The summed E-state index contributed by atoms with van der Waals surface area (Å²) < 4.78 is 5.05. The molecule has 0 saturated carbocycles. The first-order valence-corrected chi connectivity index (χ1v) is 6.08. The maximum atomic E-state index is 12.3. The normalized spacial score (nSPS) is 18.3. The summed E-state index contributed by atoms with van der Waals surface area (Å²) in [6, 6.07) is 0.248. The number of hydrogen-bond donors (Lipinski definition) is 1. The Morgan fingerprint density at radius 2 is 2.06 bits per heavy atom. The van der Waals surface area contributed by atoms with Gasteiger partial charge < -0.3 is 15.0 Å². The molecule has 0 aliphatic carbocycles. The number of nitrogens with zero attached hydrogens (tertiary/aromatic N) is 1. The van der Waals surface area contributed by atoms with Crippen molar-refractivity contribution in [1.29, 1.82) is 0 Å². The highest BCUT2D eigenvalue weighted by Crippen LogP contribution is 2.19. The molecule has 0 bridgehead atoms. The van der Waals surface area contributed by atoms with Crippen LogP contribution in [0.4, 0.5) is 0 Å². The molecule has 1 unspecified atom stereocenters. The monoisotopic (exact) mass is 228 g/mol. The van der Waals surface area contributed by atoms with E-state index in [2.05, 4.69) is 19.2 Å².